The van der Waals surface area contributed by atoms with E-state index in [4.69, 9.17) is 9.47 Å². The van der Waals surface area contributed by atoms with Gasteiger partial charge in [0.05, 0.1) is 11.1 Å². The largest absolute Gasteiger partial charge is 0.482 e. The number of carbonyl (C=O) groups excluding carboxylic acids is 3. The first-order chi connectivity index (χ1) is 12.5. The van der Waals surface area contributed by atoms with Gasteiger partial charge >= 0.3 is 5.97 Å². The number of hydrogen-bond acceptors (Lipinski definition) is 7. The number of carbonyl (C=O) groups is 3. The van der Waals surface area contributed by atoms with Crippen molar-refractivity contribution < 1.29 is 23.9 Å². The van der Waals surface area contributed by atoms with Crippen molar-refractivity contribution in [1.82, 2.24) is 10.2 Å². The van der Waals surface area contributed by atoms with Crippen LogP contribution in [0.15, 0.2) is 24.3 Å². The molecule has 1 aliphatic heterocycles. The van der Waals surface area contributed by atoms with Crippen molar-refractivity contribution >= 4 is 41.3 Å². The van der Waals surface area contributed by atoms with Gasteiger partial charge in [0, 0.05) is 25.6 Å². The second-order valence-electron chi connectivity index (χ2n) is 5.66. The summed E-state index contributed by atoms with van der Waals surface area (Å²) in [6.45, 7) is -0.863. The number of nitrogens with zero attached hydrogens (tertiary/aromatic N) is 1. The van der Waals surface area contributed by atoms with Crippen LogP contribution in [0.5, 0.6) is 5.75 Å². The first kappa shape index (κ1) is 20.4. The Kier molecular flexibility index (Phi) is 8.11. The summed E-state index contributed by atoms with van der Waals surface area (Å²) in [5.41, 5.74) is 1.23. The molecule has 1 saturated heterocycles. The van der Waals surface area contributed by atoms with Crippen LogP contribution >= 0.6 is 23.5 Å². The van der Waals surface area contributed by atoms with E-state index < -0.39 is 18.5 Å². The fourth-order valence-electron chi connectivity index (χ4n) is 1.99. The summed E-state index contributed by atoms with van der Waals surface area (Å²) in [6, 6.07) is 7.63. The summed E-state index contributed by atoms with van der Waals surface area (Å²) in [5, 5.41) is 2.37. The van der Waals surface area contributed by atoms with Crippen LogP contribution in [0.2, 0.25) is 0 Å². The maximum absolute atomic E-state index is 11.6. The lowest BCUT2D eigenvalue weighted by atomic mass is 10.2. The second kappa shape index (κ2) is 10.3. The number of rotatable bonds is 8. The van der Waals surface area contributed by atoms with E-state index in [1.165, 1.54) is 10.5 Å². The van der Waals surface area contributed by atoms with E-state index in [9.17, 15) is 14.4 Å². The smallest absolute Gasteiger partial charge is 0.344 e. The molecule has 0 spiro atoms. The molecule has 1 N–H and O–H groups in total. The van der Waals surface area contributed by atoms with Crippen LogP contribution in [0.4, 0.5) is 0 Å². The fourth-order valence-corrected chi connectivity index (χ4v) is 4.84. The summed E-state index contributed by atoms with van der Waals surface area (Å²) in [4.78, 5) is 35.8. The Labute approximate surface area is 161 Å². The molecule has 1 aromatic carbocycles. The number of likely N-dealkylation sites (N-methyl/N-ethyl adjacent to an activating group) is 1. The van der Waals surface area contributed by atoms with Gasteiger partial charge in [-0.25, -0.2) is 4.79 Å². The zero-order valence-corrected chi connectivity index (χ0v) is 16.4. The number of benzene rings is 1. The second-order valence-corrected chi connectivity index (χ2v) is 8.38. The Balaban J connectivity index is 1.65. The van der Waals surface area contributed by atoms with Crippen LogP contribution in [-0.2, 0) is 19.1 Å². The minimum absolute atomic E-state index is 0.135. The maximum atomic E-state index is 11.6. The van der Waals surface area contributed by atoms with Crippen LogP contribution < -0.4 is 10.1 Å². The molecule has 0 radical (unpaired) electrons. The van der Waals surface area contributed by atoms with Gasteiger partial charge < -0.3 is 19.7 Å². The van der Waals surface area contributed by atoms with Crippen molar-refractivity contribution in [2.24, 2.45) is 0 Å². The molecule has 2 amide bonds. The molecule has 2 rings (SSSR count). The molecule has 0 aliphatic carbocycles. The van der Waals surface area contributed by atoms with Crippen LogP contribution in [-0.4, -0.2) is 68.0 Å². The topological polar surface area (TPSA) is 84.9 Å². The van der Waals surface area contributed by atoms with Crippen LogP contribution in [0.1, 0.15) is 10.1 Å². The van der Waals surface area contributed by atoms with E-state index in [0.717, 1.165) is 11.5 Å². The van der Waals surface area contributed by atoms with Gasteiger partial charge in [0.2, 0.25) is 5.91 Å². The highest BCUT2D eigenvalue weighted by molar-refractivity contribution is 8.19. The average molecular weight is 399 g/mol. The number of ether oxygens (including phenoxy) is 2. The van der Waals surface area contributed by atoms with Gasteiger partial charge in [0.25, 0.3) is 5.91 Å². The monoisotopic (exact) mass is 398 g/mol. The van der Waals surface area contributed by atoms with Crippen molar-refractivity contribution in [2.45, 2.75) is 4.58 Å². The first-order valence-corrected chi connectivity index (χ1v) is 10.1. The number of amides is 2. The molecule has 0 saturated carbocycles. The van der Waals surface area contributed by atoms with E-state index in [0.29, 0.717) is 10.3 Å². The molecular formula is C17H22N2O5S2. The highest BCUT2D eigenvalue weighted by Crippen LogP contribution is 2.45. The molecular weight excluding hydrogens is 376 g/mol. The summed E-state index contributed by atoms with van der Waals surface area (Å²) >= 11 is 3.84. The number of hydrogen-bond donors (Lipinski definition) is 1. The third-order valence-electron chi connectivity index (χ3n) is 3.43. The summed E-state index contributed by atoms with van der Waals surface area (Å²) in [6.07, 6.45) is 0. The molecule has 9 heteroatoms. The lowest BCUT2D eigenvalue weighted by Crippen LogP contribution is -2.38. The molecule has 142 valence electrons. The Morgan fingerprint density at radius 1 is 1.12 bits per heavy atom. The number of thioether (sulfide) groups is 2. The third kappa shape index (κ3) is 6.80. The number of esters is 1. The summed E-state index contributed by atoms with van der Waals surface area (Å²) in [7, 11) is 3.17. The van der Waals surface area contributed by atoms with Crippen molar-refractivity contribution in [3.8, 4) is 5.75 Å². The van der Waals surface area contributed by atoms with E-state index in [1.807, 2.05) is 47.8 Å². The van der Waals surface area contributed by atoms with Gasteiger partial charge in [-0.1, -0.05) is 12.1 Å². The van der Waals surface area contributed by atoms with Crippen LogP contribution in [0.3, 0.4) is 0 Å². The minimum Gasteiger partial charge on any atom is -0.482 e. The molecule has 0 aromatic heterocycles. The van der Waals surface area contributed by atoms with Gasteiger partial charge in [0.15, 0.2) is 13.2 Å². The fraction of sp³-hybridized carbons (Fsp3) is 0.471. The SMILES string of the molecule is CN(C)C(=O)CNC(=O)COC(=O)COc1ccc(C2SCCS2)cc1. The molecule has 0 atom stereocenters. The van der Waals surface area contributed by atoms with Crippen molar-refractivity contribution in [3.05, 3.63) is 29.8 Å². The lowest BCUT2D eigenvalue weighted by molar-refractivity contribution is -0.150. The van der Waals surface area contributed by atoms with E-state index in [2.05, 4.69) is 5.32 Å². The van der Waals surface area contributed by atoms with Crippen molar-refractivity contribution in [2.75, 3.05) is 45.4 Å². The molecule has 1 aromatic rings. The van der Waals surface area contributed by atoms with Gasteiger partial charge in [-0.3, -0.25) is 9.59 Å². The highest BCUT2D eigenvalue weighted by atomic mass is 32.2. The Morgan fingerprint density at radius 3 is 2.38 bits per heavy atom. The van der Waals surface area contributed by atoms with E-state index in [-0.39, 0.29) is 19.1 Å². The molecule has 0 bridgehead atoms. The van der Waals surface area contributed by atoms with Crippen molar-refractivity contribution in [3.63, 3.8) is 0 Å². The van der Waals surface area contributed by atoms with Crippen LogP contribution in [0, 0.1) is 0 Å². The quantitative estimate of drug-likeness (QED) is 0.661. The van der Waals surface area contributed by atoms with Gasteiger partial charge in [-0.15, -0.1) is 23.5 Å². The highest BCUT2D eigenvalue weighted by Gasteiger charge is 2.18. The molecule has 1 aliphatic rings. The summed E-state index contributed by atoms with van der Waals surface area (Å²) in [5.74, 6) is 1.47. The van der Waals surface area contributed by atoms with E-state index in [1.54, 1.807) is 14.1 Å². The lowest BCUT2D eigenvalue weighted by Gasteiger charge is -2.11. The van der Waals surface area contributed by atoms with Crippen LogP contribution in [0.25, 0.3) is 0 Å². The average Bonchev–Trinajstić information content (AvgIpc) is 3.17. The van der Waals surface area contributed by atoms with Crippen molar-refractivity contribution in [1.29, 1.82) is 0 Å². The Morgan fingerprint density at radius 2 is 1.77 bits per heavy atom. The number of nitrogens with one attached hydrogen (secondary N) is 1. The zero-order valence-electron chi connectivity index (χ0n) is 14.7. The van der Waals surface area contributed by atoms with Gasteiger partial charge in [0.1, 0.15) is 5.75 Å². The molecule has 26 heavy (non-hydrogen) atoms. The predicted molar refractivity (Wildman–Crippen MR) is 102 cm³/mol. The van der Waals surface area contributed by atoms with Gasteiger partial charge in [-0.05, 0) is 17.7 Å². The molecule has 1 heterocycles. The normalized spacial score (nSPS) is 13.9. The zero-order chi connectivity index (χ0) is 18.9. The molecule has 1 fully saturated rings. The first-order valence-electron chi connectivity index (χ1n) is 8.04. The standard InChI is InChI=1S/C17H22N2O5S2/c1-19(2)15(21)9-18-14(20)10-24-16(22)11-23-13-5-3-12(4-6-13)17-25-7-8-26-17/h3-6,17H,7-11H2,1-2H3,(H,18,20). The summed E-state index contributed by atoms with van der Waals surface area (Å²) < 4.78 is 10.6. The maximum Gasteiger partial charge on any atom is 0.344 e. The Hall–Kier alpha value is -1.87. The van der Waals surface area contributed by atoms with Gasteiger partial charge in [-0.2, -0.15) is 0 Å². The molecule has 7 nitrogen and oxygen atoms in total. The predicted octanol–water partition coefficient (Wildman–Crippen LogP) is 1.29. The minimum atomic E-state index is -0.648. The Bertz CT molecular complexity index is 631. The third-order valence-corrected chi connectivity index (χ3v) is 6.53. The van der Waals surface area contributed by atoms with E-state index >= 15 is 0 Å². The molecule has 0 unspecified atom stereocenters.